The Morgan fingerprint density at radius 2 is 1.93 bits per heavy atom. The number of ether oxygens (including phenoxy) is 2. The summed E-state index contributed by atoms with van der Waals surface area (Å²) in [5.74, 6) is 3.00. The average Bonchev–Trinajstić information content (AvgIpc) is 2.71. The molecule has 0 radical (unpaired) electrons. The number of guanidine groups is 1. The van der Waals surface area contributed by atoms with Crippen LogP contribution in [0.4, 0.5) is 0 Å². The summed E-state index contributed by atoms with van der Waals surface area (Å²) in [7, 11) is 2.19. The molecular weight excluding hydrogens is 354 g/mol. The molecule has 2 aliphatic rings. The van der Waals surface area contributed by atoms with Crippen LogP contribution in [-0.4, -0.2) is 87.9 Å². The van der Waals surface area contributed by atoms with E-state index in [-0.39, 0.29) is 6.10 Å². The fourth-order valence-electron chi connectivity index (χ4n) is 3.49. The smallest absolute Gasteiger partial charge is 0.191 e. The molecule has 1 aromatic rings. The predicted octanol–water partition coefficient (Wildman–Crippen LogP) is 1.27. The third-order valence-electron chi connectivity index (χ3n) is 5.14. The van der Waals surface area contributed by atoms with Crippen LogP contribution in [0.5, 0.6) is 11.5 Å². The first kappa shape index (κ1) is 20.7. The highest BCUT2D eigenvalue weighted by Gasteiger charge is 2.21. The van der Waals surface area contributed by atoms with Gasteiger partial charge in [-0.05, 0) is 32.0 Å². The monoisotopic (exact) mass is 389 g/mol. The number of nitrogens with one attached hydrogen (secondary N) is 2. The number of aliphatic imine (C=N–C) groups is 1. The zero-order valence-electron chi connectivity index (χ0n) is 17.5. The van der Waals surface area contributed by atoms with Gasteiger partial charge in [-0.3, -0.25) is 4.99 Å². The second kappa shape index (κ2) is 10.5. The lowest BCUT2D eigenvalue weighted by atomic mass is 10.1. The van der Waals surface area contributed by atoms with Gasteiger partial charge in [-0.1, -0.05) is 19.1 Å². The molecule has 2 heterocycles. The summed E-state index contributed by atoms with van der Waals surface area (Å²) in [5, 5.41) is 6.73. The molecule has 0 spiro atoms. The van der Waals surface area contributed by atoms with Crippen molar-refractivity contribution in [2.45, 2.75) is 20.0 Å². The van der Waals surface area contributed by atoms with E-state index >= 15 is 0 Å². The zero-order chi connectivity index (χ0) is 19.8. The van der Waals surface area contributed by atoms with Gasteiger partial charge in [0.25, 0.3) is 0 Å². The minimum absolute atomic E-state index is 0.0264. The number of fused-ring (bicyclic) bond motifs is 1. The number of hydrogen-bond donors (Lipinski definition) is 2. The molecule has 2 aliphatic heterocycles. The van der Waals surface area contributed by atoms with Crippen LogP contribution >= 0.6 is 0 Å². The molecule has 1 aromatic carbocycles. The van der Waals surface area contributed by atoms with Crippen LogP contribution in [-0.2, 0) is 0 Å². The minimum Gasteiger partial charge on any atom is -0.486 e. The largest absolute Gasteiger partial charge is 0.486 e. The standard InChI is InChI=1S/C21H35N5O2/c1-4-22-21(23-13-17(2)15-26-11-9-25(3)10-12-26)24-14-18-16-27-19-7-5-6-8-20(19)28-18/h5-8,17-18H,4,9-16H2,1-3H3,(H2,22,23,24). The summed E-state index contributed by atoms with van der Waals surface area (Å²) in [5.41, 5.74) is 0. The highest BCUT2D eigenvalue weighted by atomic mass is 16.6. The van der Waals surface area contributed by atoms with Gasteiger partial charge in [-0.25, -0.2) is 0 Å². The maximum Gasteiger partial charge on any atom is 0.191 e. The summed E-state index contributed by atoms with van der Waals surface area (Å²) in [6.45, 7) is 13.0. The minimum atomic E-state index is -0.0264. The van der Waals surface area contributed by atoms with E-state index in [2.05, 4.69) is 41.3 Å². The molecule has 3 rings (SSSR count). The van der Waals surface area contributed by atoms with Gasteiger partial charge >= 0.3 is 0 Å². The van der Waals surface area contributed by atoms with Crippen LogP contribution in [0.2, 0.25) is 0 Å². The first-order valence-corrected chi connectivity index (χ1v) is 10.5. The van der Waals surface area contributed by atoms with Crippen molar-refractivity contribution in [3.63, 3.8) is 0 Å². The number of nitrogens with zero attached hydrogens (tertiary/aromatic N) is 3. The molecule has 1 fully saturated rings. The number of likely N-dealkylation sites (N-methyl/N-ethyl adjacent to an activating group) is 1. The van der Waals surface area contributed by atoms with Crippen molar-refractivity contribution >= 4 is 5.96 Å². The van der Waals surface area contributed by atoms with E-state index in [1.165, 1.54) is 0 Å². The van der Waals surface area contributed by atoms with E-state index in [0.717, 1.165) is 63.3 Å². The van der Waals surface area contributed by atoms with Gasteiger partial charge in [-0.15, -0.1) is 0 Å². The number of piperazine rings is 1. The van der Waals surface area contributed by atoms with Crippen molar-refractivity contribution < 1.29 is 9.47 Å². The Bertz CT molecular complexity index is 631. The molecule has 1 saturated heterocycles. The van der Waals surface area contributed by atoms with Crippen molar-refractivity contribution in [2.24, 2.45) is 10.9 Å². The topological polar surface area (TPSA) is 61.4 Å². The number of para-hydroxylation sites is 2. The number of rotatable bonds is 7. The molecule has 28 heavy (non-hydrogen) atoms. The maximum atomic E-state index is 6.01. The molecule has 7 nitrogen and oxygen atoms in total. The van der Waals surface area contributed by atoms with Crippen LogP contribution in [0, 0.1) is 5.92 Å². The first-order chi connectivity index (χ1) is 13.6. The van der Waals surface area contributed by atoms with Crippen LogP contribution in [0.25, 0.3) is 0 Å². The summed E-state index contributed by atoms with van der Waals surface area (Å²) < 4.78 is 11.8. The zero-order valence-corrected chi connectivity index (χ0v) is 17.5. The van der Waals surface area contributed by atoms with Crippen LogP contribution in [0.3, 0.4) is 0 Å². The molecular formula is C21H35N5O2. The normalized spacial score (nSPS) is 22.0. The first-order valence-electron chi connectivity index (χ1n) is 10.5. The molecule has 0 aliphatic carbocycles. The molecule has 2 atom stereocenters. The molecule has 2 N–H and O–H groups in total. The van der Waals surface area contributed by atoms with Crippen molar-refractivity contribution in [3.05, 3.63) is 24.3 Å². The molecule has 0 amide bonds. The second-order valence-corrected chi connectivity index (χ2v) is 7.81. The van der Waals surface area contributed by atoms with Crippen molar-refractivity contribution in [1.82, 2.24) is 20.4 Å². The summed E-state index contributed by atoms with van der Waals surface area (Å²) in [6, 6.07) is 7.80. The molecule has 2 unspecified atom stereocenters. The Morgan fingerprint density at radius 3 is 2.68 bits per heavy atom. The third-order valence-corrected chi connectivity index (χ3v) is 5.14. The molecule has 0 aromatic heterocycles. The van der Waals surface area contributed by atoms with Crippen molar-refractivity contribution in [2.75, 3.05) is 66.0 Å². The van der Waals surface area contributed by atoms with Gasteiger partial charge < -0.3 is 29.9 Å². The van der Waals surface area contributed by atoms with Crippen LogP contribution in [0.15, 0.2) is 29.3 Å². The Labute approximate surface area is 169 Å². The van der Waals surface area contributed by atoms with Crippen LogP contribution < -0.4 is 20.1 Å². The Morgan fingerprint density at radius 1 is 1.18 bits per heavy atom. The summed E-state index contributed by atoms with van der Waals surface area (Å²) in [6.07, 6.45) is -0.0264. The summed E-state index contributed by atoms with van der Waals surface area (Å²) in [4.78, 5) is 9.72. The molecule has 7 heteroatoms. The van der Waals surface area contributed by atoms with E-state index in [9.17, 15) is 0 Å². The Kier molecular flexibility index (Phi) is 7.80. The van der Waals surface area contributed by atoms with Gasteiger partial charge in [0.15, 0.2) is 17.5 Å². The molecule has 156 valence electrons. The average molecular weight is 390 g/mol. The van der Waals surface area contributed by atoms with Gasteiger partial charge in [0.05, 0.1) is 6.54 Å². The highest BCUT2D eigenvalue weighted by molar-refractivity contribution is 5.79. The highest BCUT2D eigenvalue weighted by Crippen LogP contribution is 2.30. The predicted molar refractivity (Wildman–Crippen MR) is 113 cm³/mol. The quantitative estimate of drug-likeness (QED) is 0.541. The fraction of sp³-hybridized carbons (Fsp3) is 0.667. The van der Waals surface area contributed by atoms with Crippen molar-refractivity contribution in [3.8, 4) is 11.5 Å². The third kappa shape index (κ3) is 6.27. The van der Waals surface area contributed by atoms with Gasteiger partial charge in [0.2, 0.25) is 0 Å². The van der Waals surface area contributed by atoms with E-state index in [4.69, 9.17) is 14.5 Å². The SMILES string of the molecule is CCNC(=NCC(C)CN1CCN(C)CC1)NCC1COc2ccccc2O1. The van der Waals surface area contributed by atoms with Crippen molar-refractivity contribution in [1.29, 1.82) is 0 Å². The van der Waals surface area contributed by atoms with Gasteiger partial charge in [0.1, 0.15) is 12.7 Å². The lowest BCUT2D eigenvalue weighted by Crippen LogP contribution is -2.46. The Balaban J connectivity index is 1.43. The fourth-order valence-corrected chi connectivity index (χ4v) is 3.49. The van der Waals surface area contributed by atoms with E-state index < -0.39 is 0 Å². The van der Waals surface area contributed by atoms with E-state index in [1.807, 2.05) is 24.3 Å². The van der Waals surface area contributed by atoms with Gasteiger partial charge in [0, 0.05) is 45.8 Å². The maximum absolute atomic E-state index is 6.01. The number of hydrogen-bond acceptors (Lipinski definition) is 5. The lowest BCUT2D eigenvalue weighted by molar-refractivity contribution is 0.0936. The van der Waals surface area contributed by atoms with Gasteiger partial charge in [-0.2, -0.15) is 0 Å². The van der Waals surface area contributed by atoms with E-state index in [0.29, 0.717) is 19.1 Å². The molecule has 0 saturated carbocycles. The Hall–Kier alpha value is -1.99. The number of benzene rings is 1. The van der Waals surface area contributed by atoms with Crippen LogP contribution in [0.1, 0.15) is 13.8 Å². The summed E-state index contributed by atoms with van der Waals surface area (Å²) >= 11 is 0. The lowest BCUT2D eigenvalue weighted by Gasteiger charge is -2.33. The second-order valence-electron chi connectivity index (χ2n) is 7.81. The van der Waals surface area contributed by atoms with E-state index in [1.54, 1.807) is 0 Å². The molecule has 0 bridgehead atoms.